The molecule has 2 heterocycles. The molecular weight excluding hydrogens is 382 g/mol. The molecule has 28 heavy (non-hydrogen) atoms. The molecule has 2 aromatic heterocycles. The molecule has 1 aromatic carbocycles. The maximum atomic E-state index is 12.2. The highest BCUT2D eigenvalue weighted by Crippen LogP contribution is 2.32. The largest absolute Gasteiger partial charge is 0.355 e. The number of carbonyl (C=O) groups is 1. The standard InChI is InChI=1S/C17H17N7O3S/c1-9-4-6-12(7-5-9)16(25)23-22-15-13(24(26)27)14(18-8-19-15)21-17-20-10(2)11(3)28-17/h4-8H,1-3H3,(H,23,25)(H2,18,19,20,21,22). The van der Waals surface area contributed by atoms with E-state index in [0.29, 0.717) is 10.7 Å². The third kappa shape index (κ3) is 4.20. The molecule has 0 bridgehead atoms. The van der Waals surface area contributed by atoms with Crippen LogP contribution in [0.25, 0.3) is 0 Å². The fraction of sp³-hybridized carbons (Fsp3) is 0.176. The van der Waals surface area contributed by atoms with Crippen LogP contribution in [0, 0.1) is 30.9 Å². The molecule has 3 rings (SSSR count). The summed E-state index contributed by atoms with van der Waals surface area (Å²) in [5, 5.41) is 14.9. The van der Waals surface area contributed by atoms with Crippen molar-refractivity contribution >= 4 is 39.7 Å². The summed E-state index contributed by atoms with van der Waals surface area (Å²) in [6.45, 7) is 5.66. The maximum absolute atomic E-state index is 12.2. The van der Waals surface area contributed by atoms with Gasteiger partial charge in [0, 0.05) is 10.4 Å². The van der Waals surface area contributed by atoms with Gasteiger partial charge in [-0.2, -0.15) is 0 Å². The zero-order valence-corrected chi connectivity index (χ0v) is 16.1. The number of carbonyl (C=O) groups excluding carboxylic acids is 1. The lowest BCUT2D eigenvalue weighted by Crippen LogP contribution is -2.30. The van der Waals surface area contributed by atoms with Gasteiger partial charge in [0.2, 0.25) is 11.6 Å². The first-order chi connectivity index (χ1) is 13.3. The highest BCUT2D eigenvalue weighted by molar-refractivity contribution is 7.15. The molecule has 0 aliphatic rings. The van der Waals surface area contributed by atoms with E-state index >= 15 is 0 Å². The molecule has 3 N–H and O–H groups in total. The number of anilines is 3. The van der Waals surface area contributed by atoms with Gasteiger partial charge in [-0.15, -0.1) is 11.3 Å². The van der Waals surface area contributed by atoms with E-state index in [1.165, 1.54) is 11.3 Å². The molecule has 0 radical (unpaired) electrons. The number of rotatable bonds is 6. The lowest BCUT2D eigenvalue weighted by Gasteiger charge is -2.10. The Hall–Kier alpha value is -3.60. The number of hydrogen-bond acceptors (Lipinski definition) is 9. The number of hydrazine groups is 1. The number of thiazole rings is 1. The first kappa shape index (κ1) is 19.2. The Morgan fingerprint density at radius 3 is 2.39 bits per heavy atom. The SMILES string of the molecule is Cc1ccc(C(=O)NNc2ncnc(Nc3nc(C)c(C)s3)c2[N+](=O)[O-])cc1. The molecule has 0 saturated carbocycles. The van der Waals surface area contributed by atoms with Crippen LogP contribution in [0.1, 0.15) is 26.5 Å². The van der Waals surface area contributed by atoms with E-state index in [-0.39, 0.29) is 11.6 Å². The summed E-state index contributed by atoms with van der Waals surface area (Å²) >= 11 is 1.36. The molecule has 0 atom stereocenters. The highest BCUT2D eigenvalue weighted by atomic mass is 32.1. The summed E-state index contributed by atoms with van der Waals surface area (Å²) in [5.41, 5.74) is 6.75. The third-order valence-electron chi connectivity index (χ3n) is 3.87. The minimum atomic E-state index is -0.629. The number of hydrogen-bond donors (Lipinski definition) is 3. The van der Waals surface area contributed by atoms with Gasteiger partial charge in [-0.3, -0.25) is 25.8 Å². The minimum absolute atomic E-state index is 0.0270. The van der Waals surface area contributed by atoms with Crippen LogP contribution in [0.3, 0.4) is 0 Å². The highest BCUT2D eigenvalue weighted by Gasteiger charge is 2.24. The number of aryl methyl sites for hydroxylation is 3. The van der Waals surface area contributed by atoms with Gasteiger partial charge in [-0.1, -0.05) is 17.7 Å². The number of amides is 1. The van der Waals surface area contributed by atoms with E-state index in [0.717, 1.165) is 22.5 Å². The summed E-state index contributed by atoms with van der Waals surface area (Å²) < 4.78 is 0. The van der Waals surface area contributed by atoms with Crippen molar-refractivity contribution in [2.45, 2.75) is 20.8 Å². The first-order valence-electron chi connectivity index (χ1n) is 8.18. The topological polar surface area (TPSA) is 135 Å². The number of nitrogens with one attached hydrogen (secondary N) is 3. The number of benzene rings is 1. The van der Waals surface area contributed by atoms with E-state index in [1.807, 2.05) is 20.8 Å². The molecule has 0 fully saturated rings. The van der Waals surface area contributed by atoms with Crippen LogP contribution in [0.4, 0.5) is 22.5 Å². The summed E-state index contributed by atoms with van der Waals surface area (Å²) in [7, 11) is 0. The molecular formula is C17H17N7O3S. The lowest BCUT2D eigenvalue weighted by atomic mass is 10.1. The molecule has 0 spiro atoms. The molecule has 0 aliphatic heterocycles. The Morgan fingerprint density at radius 2 is 1.79 bits per heavy atom. The predicted molar refractivity (Wildman–Crippen MR) is 106 cm³/mol. The smallest absolute Gasteiger partial charge is 0.310 e. The average Bonchev–Trinajstić information content (AvgIpc) is 2.97. The zero-order chi connectivity index (χ0) is 20.3. The third-order valence-corrected chi connectivity index (χ3v) is 4.86. The van der Waals surface area contributed by atoms with E-state index < -0.39 is 16.5 Å². The Kier molecular flexibility index (Phi) is 5.45. The van der Waals surface area contributed by atoms with Crippen LogP contribution in [0.2, 0.25) is 0 Å². The normalized spacial score (nSPS) is 10.4. The van der Waals surface area contributed by atoms with Gasteiger partial charge in [-0.05, 0) is 32.9 Å². The van der Waals surface area contributed by atoms with Crippen LogP contribution in [-0.4, -0.2) is 25.8 Å². The van der Waals surface area contributed by atoms with Gasteiger partial charge in [0.25, 0.3) is 5.91 Å². The second-order valence-corrected chi connectivity index (χ2v) is 7.11. The lowest BCUT2D eigenvalue weighted by molar-refractivity contribution is -0.383. The average molecular weight is 399 g/mol. The van der Waals surface area contributed by atoms with Crippen molar-refractivity contribution in [2.24, 2.45) is 0 Å². The monoisotopic (exact) mass is 399 g/mol. The summed E-state index contributed by atoms with van der Waals surface area (Å²) in [4.78, 5) is 36.2. The molecule has 0 aliphatic carbocycles. The maximum Gasteiger partial charge on any atom is 0.355 e. The molecule has 3 aromatic rings. The molecule has 0 unspecified atom stereocenters. The summed E-state index contributed by atoms with van der Waals surface area (Å²) in [6.07, 6.45) is 1.16. The minimum Gasteiger partial charge on any atom is -0.310 e. The zero-order valence-electron chi connectivity index (χ0n) is 15.3. The van der Waals surface area contributed by atoms with E-state index in [1.54, 1.807) is 24.3 Å². The van der Waals surface area contributed by atoms with Gasteiger partial charge >= 0.3 is 5.69 Å². The first-order valence-corrected chi connectivity index (χ1v) is 9.00. The fourth-order valence-corrected chi connectivity index (χ4v) is 3.07. The fourth-order valence-electron chi connectivity index (χ4n) is 2.26. The van der Waals surface area contributed by atoms with Crippen molar-refractivity contribution in [1.29, 1.82) is 0 Å². The number of nitrogens with zero attached hydrogens (tertiary/aromatic N) is 4. The van der Waals surface area contributed by atoms with Crippen molar-refractivity contribution in [3.63, 3.8) is 0 Å². The van der Waals surface area contributed by atoms with E-state index in [4.69, 9.17) is 0 Å². The number of nitro groups is 1. The van der Waals surface area contributed by atoms with Crippen LogP contribution in [-0.2, 0) is 0 Å². The number of aromatic nitrogens is 3. The van der Waals surface area contributed by atoms with Gasteiger partial charge in [0.05, 0.1) is 10.6 Å². The molecule has 144 valence electrons. The van der Waals surface area contributed by atoms with Crippen molar-refractivity contribution in [2.75, 3.05) is 10.7 Å². The van der Waals surface area contributed by atoms with Gasteiger partial charge < -0.3 is 5.32 Å². The van der Waals surface area contributed by atoms with Crippen molar-refractivity contribution in [3.05, 3.63) is 62.4 Å². The van der Waals surface area contributed by atoms with Gasteiger partial charge in [-0.25, -0.2) is 15.0 Å². The summed E-state index contributed by atoms with van der Waals surface area (Å²) in [6, 6.07) is 6.89. The van der Waals surface area contributed by atoms with Crippen molar-refractivity contribution in [3.8, 4) is 0 Å². The van der Waals surface area contributed by atoms with E-state index in [2.05, 4.69) is 31.1 Å². The molecule has 11 heteroatoms. The van der Waals surface area contributed by atoms with Crippen molar-refractivity contribution < 1.29 is 9.72 Å². The van der Waals surface area contributed by atoms with Gasteiger partial charge in [0.1, 0.15) is 6.33 Å². The second kappa shape index (κ2) is 7.96. The van der Waals surface area contributed by atoms with Crippen LogP contribution in [0.15, 0.2) is 30.6 Å². The Morgan fingerprint density at radius 1 is 1.11 bits per heavy atom. The predicted octanol–water partition coefficient (Wildman–Crippen LogP) is 3.27. The van der Waals surface area contributed by atoms with Crippen molar-refractivity contribution in [1.82, 2.24) is 20.4 Å². The Bertz CT molecular complexity index is 1010. The quantitative estimate of drug-likeness (QED) is 0.424. The van der Waals surface area contributed by atoms with E-state index in [9.17, 15) is 14.9 Å². The van der Waals surface area contributed by atoms with Crippen LogP contribution >= 0.6 is 11.3 Å². The molecule has 10 nitrogen and oxygen atoms in total. The van der Waals surface area contributed by atoms with Crippen LogP contribution in [0.5, 0.6) is 0 Å². The second-order valence-electron chi connectivity index (χ2n) is 5.91. The van der Waals surface area contributed by atoms with Gasteiger partial charge in [0.15, 0.2) is 5.13 Å². The molecule has 1 amide bonds. The molecule has 0 saturated heterocycles. The summed E-state index contributed by atoms with van der Waals surface area (Å²) in [5.74, 6) is -0.623. The van der Waals surface area contributed by atoms with Crippen LogP contribution < -0.4 is 16.2 Å². The Balaban J connectivity index is 1.81. The Labute approximate surface area is 164 Å².